The smallest absolute Gasteiger partial charge is 0.404 e. The molecule has 0 aliphatic heterocycles. The third-order valence-corrected chi connectivity index (χ3v) is 4.90. The van der Waals surface area contributed by atoms with Crippen LogP contribution in [0.15, 0.2) is 22.7 Å². The van der Waals surface area contributed by atoms with Crippen molar-refractivity contribution in [3.63, 3.8) is 0 Å². The van der Waals surface area contributed by atoms with Crippen molar-refractivity contribution in [3.05, 3.63) is 22.7 Å². The molecule has 0 aliphatic rings. The van der Waals surface area contributed by atoms with Crippen molar-refractivity contribution in [3.8, 4) is 5.75 Å². The van der Waals surface area contributed by atoms with Gasteiger partial charge in [-0.15, -0.1) is 13.2 Å². The van der Waals surface area contributed by atoms with Crippen LogP contribution in [-0.2, 0) is 9.84 Å². The van der Waals surface area contributed by atoms with Crippen LogP contribution >= 0.6 is 15.9 Å². The summed E-state index contributed by atoms with van der Waals surface area (Å²) in [6.45, 7) is 3.09. The maximum Gasteiger partial charge on any atom is 0.573 e. The summed E-state index contributed by atoms with van der Waals surface area (Å²) in [6, 6.07) is 3.54. The number of ether oxygens (including phenoxy) is 1. The second-order valence-electron chi connectivity index (χ2n) is 4.43. The van der Waals surface area contributed by atoms with E-state index in [9.17, 15) is 21.6 Å². The Bertz CT molecular complexity index is 590. The minimum Gasteiger partial charge on any atom is -0.404 e. The van der Waals surface area contributed by atoms with Crippen LogP contribution in [0.4, 0.5) is 18.9 Å². The average Bonchev–Trinajstić information content (AvgIpc) is 2.30. The first-order valence-corrected chi connectivity index (χ1v) is 8.66. The van der Waals surface area contributed by atoms with Crippen molar-refractivity contribution in [2.45, 2.75) is 26.3 Å². The molecule has 1 unspecified atom stereocenters. The summed E-state index contributed by atoms with van der Waals surface area (Å²) in [5.74, 6) is -0.617. The summed E-state index contributed by atoms with van der Waals surface area (Å²) < 4.78 is 64.4. The van der Waals surface area contributed by atoms with Crippen LogP contribution in [-0.4, -0.2) is 32.3 Å². The first kappa shape index (κ1) is 18.1. The van der Waals surface area contributed by atoms with E-state index in [4.69, 9.17) is 0 Å². The maximum atomic E-state index is 12.4. The normalized spacial score (nSPS) is 13.8. The van der Waals surface area contributed by atoms with Crippen molar-refractivity contribution in [2.24, 2.45) is 0 Å². The van der Waals surface area contributed by atoms with Crippen LogP contribution in [0.5, 0.6) is 5.75 Å². The molecule has 9 heteroatoms. The summed E-state index contributed by atoms with van der Waals surface area (Å²) >= 11 is 3.06. The van der Waals surface area contributed by atoms with E-state index in [1.165, 1.54) is 19.1 Å². The van der Waals surface area contributed by atoms with Crippen LogP contribution < -0.4 is 10.1 Å². The molecule has 0 bridgehead atoms. The number of sulfone groups is 1. The van der Waals surface area contributed by atoms with Gasteiger partial charge >= 0.3 is 6.36 Å². The van der Waals surface area contributed by atoms with Gasteiger partial charge in [-0.3, -0.25) is 0 Å². The van der Waals surface area contributed by atoms with Crippen LogP contribution in [0.3, 0.4) is 0 Å². The van der Waals surface area contributed by atoms with E-state index in [1.807, 2.05) is 0 Å². The van der Waals surface area contributed by atoms with Crippen LogP contribution in [0.25, 0.3) is 0 Å². The summed E-state index contributed by atoms with van der Waals surface area (Å²) in [5.41, 5.74) is 0.0781. The Hall–Kier alpha value is -0.960. The zero-order valence-corrected chi connectivity index (χ0v) is 13.8. The molecular formula is C12H15BrF3NO3S. The number of benzene rings is 1. The quantitative estimate of drug-likeness (QED) is 0.807. The zero-order chi connectivity index (χ0) is 16.3. The summed E-state index contributed by atoms with van der Waals surface area (Å²) in [4.78, 5) is 0. The molecule has 120 valence electrons. The number of halogens is 4. The lowest BCUT2D eigenvalue weighted by Gasteiger charge is -2.19. The molecule has 1 aromatic rings. The molecule has 1 atom stereocenters. The van der Waals surface area contributed by atoms with Gasteiger partial charge in [0.15, 0.2) is 15.6 Å². The largest absolute Gasteiger partial charge is 0.573 e. The number of alkyl halides is 3. The van der Waals surface area contributed by atoms with Crippen molar-refractivity contribution in [1.82, 2.24) is 0 Å². The van der Waals surface area contributed by atoms with Crippen molar-refractivity contribution in [2.75, 3.05) is 16.8 Å². The molecule has 0 saturated carbocycles. The van der Waals surface area contributed by atoms with E-state index in [0.717, 1.165) is 6.07 Å². The van der Waals surface area contributed by atoms with Gasteiger partial charge < -0.3 is 10.1 Å². The van der Waals surface area contributed by atoms with Gasteiger partial charge in [0, 0.05) is 16.3 Å². The van der Waals surface area contributed by atoms with Gasteiger partial charge in [-0.05, 0) is 25.1 Å². The molecule has 21 heavy (non-hydrogen) atoms. The summed E-state index contributed by atoms with van der Waals surface area (Å²) in [6.07, 6.45) is -4.82. The van der Waals surface area contributed by atoms with Gasteiger partial charge in [0.1, 0.15) is 0 Å². The molecule has 1 rings (SSSR count). The van der Waals surface area contributed by atoms with E-state index in [2.05, 4.69) is 26.0 Å². The summed E-state index contributed by atoms with van der Waals surface area (Å²) in [7, 11) is -3.23. The van der Waals surface area contributed by atoms with Gasteiger partial charge in [-0.1, -0.05) is 22.9 Å². The lowest BCUT2D eigenvalue weighted by atomic mass is 10.2. The molecular weight excluding hydrogens is 375 g/mol. The Labute approximate surface area is 129 Å². The minimum atomic E-state index is -4.82. The number of rotatable bonds is 6. The standard InChI is InChI=1S/C12H15BrF3NO3S/c1-3-21(18,19)7-8(2)17-10-5-4-9(13)6-11(10)20-12(14,15)16/h4-6,8,17H,3,7H2,1-2H3. The van der Waals surface area contributed by atoms with Crippen molar-refractivity contribution < 1.29 is 26.3 Å². The van der Waals surface area contributed by atoms with E-state index in [-0.39, 0.29) is 17.2 Å². The van der Waals surface area contributed by atoms with Crippen LogP contribution in [0.1, 0.15) is 13.8 Å². The molecule has 0 radical (unpaired) electrons. The van der Waals surface area contributed by atoms with Gasteiger partial charge in [0.25, 0.3) is 0 Å². The molecule has 0 spiro atoms. The topological polar surface area (TPSA) is 55.4 Å². The zero-order valence-electron chi connectivity index (χ0n) is 11.4. The van der Waals surface area contributed by atoms with Crippen LogP contribution in [0.2, 0.25) is 0 Å². The first-order chi connectivity index (χ1) is 9.52. The number of hydrogen-bond donors (Lipinski definition) is 1. The average molecular weight is 390 g/mol. The van der Waals surface area contributed by atoms with Gasteiger partial charge in [-0.2, -0.15) is 0 Å². The molecule has 0 saturated heterocycles. The number of anilines is 1. The molecule has 0 aliphatic carbocycles. The molecule has 0 heterocycles. The minimum absolute atomic E-state index is 0.0226. The SMILES string of the molecule is CCS(=O)(=O)CC(C)Nc1ccc(Br)cc1OC(F)(F)F. The lowest BCUT2D eigenvalue weighted by molar-refractivity contribution is -0.274. The predicted molar refractivity (Wildman–Crippen MR) is 78.2 cm³/mol. The molecule has 1 N–H and O–H groups in total. The number of hydrogen-bond acceptors (Lipinski definition) is 4. The Morgan fingerprint density at radius 2 is 2.00 bits per heavy atom. The predicted octanol–water partition coefficient (Wildman–Crippen LogP) is 3.58. The third-order valence-electron chi connectivity index (χ3n) is 2.52. The fraction of sp³-hybridized carbons (Fsp3) is 0.500. The third kappa shape index (κ3) is 6.56. The Balaban J connectivity index is 2.92. The van der Waals surface area contributed by atoms with E-state index in [0.29, 0.717) is 4.47 Å². The van der Waals surface area contributed by atoms with Crippen molar-refractivity contribution >= 4 is 31.5 Å². The van der Waals surface area contributed by atoms with Gasteiger partial charge in [-0.25, -0.2) is 8.42 Å². The second kappa shape index (κ2) is 6.87. The van der Waals surface area contributed by atoms with Gasteiger partial charge in [0.05, 0.1) is 11.4 Å². The molecule has 0 amide bonds. The van der Waals surface area contributed by atoms with E-state index >= 15 is 0 Å². The van der Waals surface area contributed by atoms with Crippen LogP contribution in [0, 0.1) is 0 Å². The maximum absolute atomic E-state index is 12.4. The monoisotopic (exact) mass is 389 g/mol. The number of nitrogens with one attached hydrogen (secondary N) is 1. The first-order valence-electron chi connectivity index (χ1n) is 6.04. The fourth-order valence-electron chi connectivity index (χ4n) is 1.63. The highest BCUT2D eigenvalue weighted by molar-refractivity contribution is 9.10. The van der Waals surface area contributed by atoms with E-state index in [1.54, 1.807) is 6.92 Å². The lowest BCUT2D eigenvalue weighted by Crippen LogP contribution is -2.27. The highest BCUT2D eigenvalue weighted by Gasteiger charge is 2.32. The Morgan fingerprint density at radius 3 is 2.52 bits per heavy atom. The fourth-order valence-corrected chi connectivity index (χ4v) is 3.05. The highest BCUT2D eigenvalue weighted by Crippen LogP contribution is 2.33. The Kier molecular flexibility index (Phi) is 5.92. The molecule has 1 aromatic carbocycles. The highest BCUT2D eigenvalue weighted by atomic mass is 79.9. The molecule has 4 nitrogen and oxygen atoms in total. The molecule has 0 fully saturated rings. The van der Waals surface area contributed by atoms with E-state index < -0.39 is 28.0 Å². The van der Waals surface area contributed by atoms with Gasteiger partial charge in [0.2, 0.25) is 0 Å². The summed E-state index contributed by atoms with van der Waals surface area (Å²) in [5, 5.41) is 2.73. The Morgan fingerprint density at radius 1 is 1.38 bits per heavy atom. The van der Waals surface area contributed by atoms with Crippen molar-refractivity contribution in [1.29, 1.82) is 0 Å². The molecule has 0 aromatic heterocycles. The second-order valence-corrected chi connectivity index (χ2v) is 7.75.